The number of hydrogen-bond acceptors (Lipinski definition) is 3. The van der Waals surface area contributed by atoms with Gasteiger partial charge < -0.3 is 5.32 Å². The molecule has 0 saturated heterocycles. The molecule has 0 aromatic carbocycles. The molecule has 1 aromatic heterocycles. The molecule has 0 amide bonds. The van der Waals surface area contributed by atoms with Gasteiger partial charge in [-0.3, -0.25) is 0 Å². The fraction of sp³-hybridized carbons (Fsp3) is 0.800. The van der Waals surface area contributed by atoms with Crippen molar-refractivity contribution < 1.29 is 0 Å². The van der Waals surface area contributed by atoms with Gasteiger partial charge >= 0.3 is 0 Å². The zero-order valence-electron chi connectivity index (χ0n) is 14.2. The first-order valence-electron chi connectivity index (χ1n) is 9.86. The van der Waals surface area contributed by atoms with Gasteiger partial charge in [0.15, 0.2) is 0 Å². The molecule has 3 nitrogen and oxygen atoms in total. The van der Waals surface area contributed by atoms with Gasteiger partial charge in [0, 0.05) is 17.8 Å². The van der Waals surface area contributed by atoms with Crippen LogP contribution < -0.4 is 5.32 Å². The van der Waals surface area contributed by atoms with Crippen LogP contribution in [0.4, 0.5) is 5.82 Å². The highest BCUT2D eigenvalue weighted by Crippen LogP contribution is 2.61. The minimum absolute atomic E-state index is 0.675. The minimum Gasteiger partial charge on any atom is -0.370 e. The number of anilines is 1. The number of rotatable bonds is 4. The van der Waals surface area contributed by atoms with Crippen molar-refractivity contribution in [2.24, 2.45) is 23.2 Å². The minimum atomic E-state index is 0.675. The first-order valence-corrected chi connectivity index (χ1v) is 9.86. The molecule has 0 atom stereocenters. The second-order valence-corrected chi connectivity index (χ2v) is 8.95. The van der Waals surface area contributed by atoms with Crippen LogP contribution in [0.15, 0.2) is 6.33 Å². The van der Waals surface area contributed by atoms with E-state index in [0.717, 1.165) is 43.0 Å². The van der Waals surface area contributed by atoms with Gasteiger partial charge in [0.1, 0.15) is 12.1 Å². The van der Waals surface area contributed by atoms with Gasteiger partial charge in [-0.1, -0.05) is 0 Å². The summed E-state index contributed by atoms with van der Waals surface area (Å²) in [5.74, 6) is 4.33. The molecule has 4 fully saturated rings. The Morgan fingerprint density at radius 2 is 1.65 bits per heavy atom. The van der Waals surface area contributed by atoms with E-state index in [2.05, 4.69) is 15.3 Å². The van der Waals surface area contributed by atoms with E-state index in [4.69, 9.17) is 0 Å². The average molecular weight is 311 g/mol. The third-order valence-corrected chi connectivity index (χ3v) is 7.24. The van der Waals surface area contributed by atoms with Crippen LogP contribution in [0.5, 0.6) is 0 Å². The first kappa shape index (κ1) is 14.2. The number of hydrogen-bond donors (Lipinski definition) is 1. The van der Waals surface area contributed by atoms with Crippen molar-refractivity contribution in [3.8, 4) is 0 Å². The van der Waals surface area contributed by atoms with Gasteiger partial charge in [0.05, 0.1) is 0 Å². The Hall–Kier alpha value is -1.12. The second kappa shape index (κ2) is 5.46. The van der Waals surface area contributed by atoms with Crippen LogP contribution >= 0.6 is 0 Å². The smallest absolute Gasteiger partial charge is 0.132 e. The predicted molar refractivity (Wildman–Crippen MR) is 92.4 cm³/mol. The molecule has 3 heteroatoms. The lowest BCUT2D eigenvalue weighted by atomic mass is 9.49. The fourth-order valence-electron chi connectivity index (χ4n) is 6.72. The van der Waals surface area contributed by atoms with Crippen molar-refractivity contribution >= 4 is 5.82 Å². The molecule has 1 N–H and O–H groups in total. The van der Waals surface area contributed by atoms with Crippen molar-refractivity contribution in [2.45, 2.75) is 70.6 Å². The maximum atomic E-state index is 4.55. The number of fused-ring (bicyclic) bond motifs is 1. The number of aryl methyl sites for hydroxylation is 1. The van der Waals surface area contributed by atoms with Crippen LogP contribution in [0.2, 0.25) is 0 Å². The number of nitrogens with zero attached hydrogens (tertiary/aromatic N) is 2. The third kappa shape index (κ3) is 2.56. The van der Waals surface area contributed by atoms with Crippen molar-refractivity contribution in [1.82, 2.24) is 9.97 Å². The van der Waals surface area contributed by atoms with Gasteiger partial charge in [-0.15, -0.1) is 0 Å². The van der Waals surface area contributed by atoms with Crippen molar-refractivity contribution in [3.63, 3.8) is 0 Å². The number of nitrogens with one attached hydrogen (secondary N) is 1. The van der Waals surface area contributed by atoms with Gasteiger partial charge in [-0.25, -0.2) is 9.97 Å². The largest absolute Gasteiger partial charge is 0.370 e. The lowest BCUT2D eigenvalue weighted by molar-refractivity contribution is -0.0552. The molecule has 0 radical (unpaired) electrons. The van der Waals surface area contributed by atoms with Gasteiger partial charge in [-0.2, -0.15) is 0 Å². The topological polar surface area (TPSA) is 37.8 Å². The monoisotopic (exact) mass is 311 g/mol. The summed E-state index contributed by atoms with van der Waals surface area (Å²) in [5.41, 5.74) is 3.38. The zero-order chi connectivity index (χ0) is 15.3. The Morgan fingerprint density at radius 3 is 2.39 bits per heavy atom. The molecule has 0 unspecified atom stereocenters. The van der Waals surface area contributed by atoms with E-state index in [0.29, 0.717) is 5.41 Å². The Balaban J connectivity index is 1.26. The fourth-order valence-corrected chi connectivity index (χ4v) is 6.72. The molecule has 124 valence electrons. The first-order chi connectivity index (χ1) is 11.3. The summed E-state index contributed by atoms with van der Waals surface area (Å²) in [5, 5.41) is 3.70. The maximum Gasteiger partial charge on any atom is 0.132 e. The zero-order valence-corrected chi connectivity index (χ0v) is 14.2. The molecule has 6 rings (SSSR count). The summed E-state index contributed by atoms with van der Waals surface area (Å²) in [7, 11) is 0. The van der Waals surface area contributed by atoms with E-state index >= 15 is 0 Å². The summed E-state index contributed by atoms with van der Waals surface area (Å²) < 4.78 is 0. The highest BCUT2D eigenvalue weighted by molar-refractivity contribution is 5.46. The molecule has 1 aromatic rings. The summed E-state index contributed by atoms with van der Waals surface area (Å²) in [6.45, 7) is 1.11. The molecular formula is C20H29N3. The van der Waals surface area contributed by atoms with E-state index < -0.39 is 0 Å². The van der Waals surface area contributed by atoms with Crippen LogP contribution in [0.3, 0.4) is 0 Å². The Labute approximate surface area is 139 Å². The van der Waals surface area contributed by atoms with E-state index in [-0.39, 0.29) is 0 Å². The Morgan fingerprint density at radius 1 is 0.957 bits per heavy atom. The molecule has 23 heavy (non-hydrogen) atoms. The van der Waals surface area contributed by atoms with E-state index in [9.17, 15) is 0 Å². The number of aromatic nitrogens is 2. The predicted octanol–water partition coefficient (Wildman–Crippen LogP) is 4.37. The van der Waals surface area contributed by atoms with Crippen molar-refractivity contribution in [2.75, 3.05) is 11.9 Å². The summed E-state index contributed by atoms with van der Waals surface area (Å²) in [4.78, 5) is 9.05. The van der Waals surface area contributed by atoms with Gasteiger partial charge in [0.2, 0.25) is 0 Å². The lowest BCUT2D eigenvalue weighted by Gasteiger charge is -2.57. The average Bonchev–Trinajstić information content (AvgIpc) is 2.54. The van der Waals surface area contributed by atoms with Crippen molar-refractivity contribution in [3.05, 3.63) is 17.6 Å². The molecule has 5 aliphatic carbocycles. The maximum absolute atomic E-state index is 4.55. The third-order valence-electron chi connectivity index (χ3n) is 7.24. The Kier molecular flexibility index (Phi) is 3.38. The normalized spacial score (nSPS) is 37.7. The highest BCUT2D eigenvalue weighted by atomic mass is 15.0. The van der Waals surface area contributed by atoms with Crippen LogP contribution in [0.1, 0.15) is 69.0 Å². The Bertz CT molecular complexity index is 559. The van der Waals surface area contributed by atoms with Gasteiger partial charge in [0.25, 0.3) is 0 Å². The summed E-state index contributed by atoms with van der Waals surface area (Å²) >= 11 is 0. The molecule has 1 heterocycles. The van der Waals surface area contributed by atoms with E-state index in [1.54, 1.807) is 25.6 Å². The van der Waals surface area contributed by atoms with Crippen LogP contribution in [-0.4, -0.2) is 16.5 Å². The SMILES string of the molecule is c1nc2c(c(NCCC34CC5CC(CC(C5)C3)C4)n1)CCCC2. The quantitative estimate of drug-likeness (QED) is 0.897. The van der Waals surface area contributed by atoms with E-state index in [1.165, 1.54) is 49.8 Å². The molecular weight excluding hydrogens is 282 g/mol. The molecule has 0 aliphatic heterocycles. The van der Waals surface area contributed by atoms with Crippen LogP contribution in [0.25, 0.3) is 0 Å². The second-order valence-electron chi connectivity index (χ2n) is 8.95. The summed E-state index contributed by atoms with van der Waals surface area (Å²) in [6.07, 6.45) is 17.2. The van der Waals surface area contributed by atoms with E-state index in [1.807, 2.05) is 0 Å². The lowest BCUT2D eigenvalue weighted by Crippen LogP contribution is -2.46. The van der Waals surface area contributed by atoms with Gasteiger partial charge in [-0.05, 0) is 93.8 Å². The molecule has 0 spiro atoms. The standard InChI is InChI=1S/C20H29N3/c1-2-4-18-17(3-1)19(23-13-22-18)21-6-5-20-10-14-7-15(11-20)9-16(8-14)12-20/h13-16H,1-12H2,(H,21,22,23). The molecule has 5 aliphatic rings. The molecule has 4 bridgehead atoms. The highest BCUT2D eigenvalue weighted by Gasteiger charge is 2.50. The summed E-state index contributed by atoms with van der Waals surface area (Å²) in [6, 6.07) is 0. The molecule has 4 saturated carbocycles. The van der Waals surface area contributed by atoms with Crippen molar-refractivity contribution in [1.29, 1.82) is 0 Å². The van der Waals surface area contributed by atoms with Crippen LogP contribution in [-0.2, 0) is 12.8 Å². The van der Waals surface area contributed by atoms with Crippen LogP contribution in [0, 0.1) is 23.2 Å².